The number of carbonyl (C=O) groups excluding carboxylic acids is 1. The molecule has 4 heteroatoms. The van der Waals surface area contributed by atoms with Crippen molar-refractivity contribution in [3.8, 4) is 11.5 Å². The summed E-state index contributed by atoms with van der Waals surface area (Å²) >= 11 is 0. The number of phenols is 1. The average molecular weight is 285 g/mol. The molecule has 0 heterocycles. The van der Waals surface area contributed by atoms with Crippen LogP contribution in [-0.4, -0.2) is 30.1 Å². The highest BCUT2D eigenvalue weighted by Gasteiger charge is 2.18. The highest BCUT2D eigenvalue weighted by molar-refractivity contribution is 5.97. The number of aryl methyl sites for hydroxylation is 1. The minimum atomic E-state index is -0.244. The maximum absolute atomic E-state index is 12.4. The number of aromatic hydroxyl groups is 1. The third-order valence-corrected chi connectivity index (χ3v) is 3.34. The second kappa shape index (κ2) is 6.31. The summed E-state index contributed by atoms with van der Waals surface area (Å²) in [5, 5.41) is 10.0. The minimum absolute atomic E-state index is 0.124. The molecule has 0 atom stereocenters. The molecule has 21 heavy (non-hydrogen) atoms. The van der Waals surface area contributed by atoms with E-state index in [4.69, 9.17) is 4.74 Å². The van der Waals surface area contributed by atoms with E-state index in [1.54, 1.807) is 30.1 Å². The minimum Gasteiger partial charge on any atom is -0.504 e. The van der Waals surface area contributed by atoms with Crippen LogP contribution in [0.15, 0.2) is 42.5 Å². The first-order valence-electron chi connectivity index (χ1n) is 6.70. The Hall–Kier alpha value is -2.49. The number of carbonyl (C=O) groups is 1. The number of amides is 1. The van der Waals surface area contributed by atoms with Crippen molar-refractivity contribution >= 4 is 5.91 Å². The van der Waals surface area contributed by atoms with Crippen molar-refractivity contribution in [3.63, 3.8) is 0 Å². The van der Waals surface area contributed by atoms with Crippen LogP contribution in [0.1, 0.15) is 21.5 Å². The fraction of sp³-hybridized carbons (Fsp3) is 0.235. The molecule has 0 saturated heterocycles. The molecule has 0 aliphatic heterocycles. The van der Waals surface area contributed by atoms with Crippen molar-refractivity contribution in [2.75, 3.05) is 14.2 Å². The van der Waals surface area contributed by atoms with Crippen LogP contribution in [-0.2, 0) is 6.54 Å². The number of para-hydroxylation sites is 1. The zero-order valence-corrected chi connectivity index (χ0v) is 12.5. The van der Waals surface area contributed by atoms with E-state index in [-0.39, 0.29) is 17.2 Å². The van der Waals surface area contributed by atoms with Crippen molar-refractivity contribution < 1.29 is 14.6 Å². The molecular formula is C17H19NO3. The second-order valence-corrected chi connectivity index (χ2v) is 5.00. The summed E-state index contributed by atoms with van der Waals surface area (Å²) in [6, 6.07) is 12.9. The Morgan fingerprint density at radius 3 is 2.48 bits per heavy atom. The first-order chi connectivity index (χ1) is 10.0. The normalized spacial score (nSPS) is 10.2. The summed E-state index contributed by atoms with van der Waals surface area (Å²) in [4.78, 5) is 14.0. The van der Waals surface area contributed by atoms with Gasteiger partial charge in [0.25, 0.3) is 5.91 Å². The SMILES string of the molecule is COc1cccc(C(=O)N(C)Cc2ccc(C)cc2)c1O. The Kier molecular flexibility index (Phi) is 4.48. The molecule has 0 fully saturated rings. The number of phenolic OH excluding ortho intramolecular Hbond substituents is 1. The van der Waals surface area contributed by atoms with Crippen molar-refractivity contribution in [2.24, 2.45) is 0 Å². The molecule has 2 rings (SSSR count). The van der Waals surface area contributed by atoms with Crippen LogP contribution < -0.4 is 4.74 Å². The molecule has 0 radical (unpaired) electrons. The molecule has 0 bridgehead atoms. The maximum atomic E-state index is 12.4. The monoisotopic (exact) mass is 285 g/mol. The summed E-state index contributed by atoms with van der Waals surface area (Å²) in [5.74, 6) is -0.0719. The van der Waals surface area contributed by atoms with Gasteiger partial charge in [0, 0.05) is 13.6 Å². The predicted octanol–water partition coefficient (Wildman–Crippen LogP) is 2.98. The molecule has 2 aromatic rings. The summed E-state index contributed by atoms with van der Waals surface area (Å²) < 4.78 is 5.03. The molecule has 0 aliphatic rings. The van der Waals surface area contributed by atoms with Crippen LogP contribution in [0.2, 0.25) is 0 Å². The highest BCUT2D eigenvalue weighted by atomic mass is 16.5. The zero-order chi connectivity index (χ0) is 15.4. The van der Waals surface area contributed by atoms with Gasteiger partial charge in [0.1, 0.15) is 0 Å². The standard InChI is InChI=1S/C17H19NO3/c1-12-7-9-13(10-8-12)11-18(2)17(20)14-5-4-6-15(21-3)16(14)19/h4-10,19H,11H2,1-3H3. The van der Waals surface area contributed by atoms with E-state index in [2.05, 4.69) is 0 Å². The summed E-state index contributed by atoms with van der Waals surface area (Å²) in [6.07, 6.45) is 0. The zero-order valence-electron chi connectivity index (χ0n) is 12.5. The third kappa shape index (κ3) is 3.34. The Morgan fingerprint density at radius 2 is 1.86 bits per heavy atom. The maximum Gasteiger partial charge on any atom is 0.257 e. The van der Waals surface area contributed by atoms with E-state index in [1.807, 2.05) is 31.2 Å². The fourth-order valence-corrected chi connectivity index (χ4v) is 2.10. The molecule has 0 unspecified atom stereocenters. The van der Waals surface area contributed by atoms with Gasteiger partial charge >= 0.3 is 0 Å². The Balaban J connectivity index is 2.17. The van der Waals surface area contributed by atoms with Crippen molar-refractivity contribution in [3.05, 3.63) is 59.2 Å². The van der Waals surface area contributed by atoms with Crippen molar-refractivity contribution in [1.82, 2.24) is 4.90 Å². The van der Waals surface area contributed by atoms with Crippen LogP contribution in [0.25, 0.3) is 0 Å². The lowest BCUT2D eigenvalue weighted by molar-refractivity contribution is 0.0781. The largest absolute Gasteiger partial charge is 0.504 e. The number of nitrogens with zero attached hydrogens (tertiary/aromatic N) is 1. The van der Waals surface area contributed by atoms with Crippen molar-refractivity contribution in [1.29, 1.82) is 0 Å². The van der Waals surface area contributed by atoms with Crippen LogP contribution in [0.4, 0.5) is 0 Å². The van der Waals surface area contributed by atoms with Gasteiger partial charge in [-0.15, -0.1) is 0 Å². The second-order valence-electron chi connectivity index (χ2n) is 5.00. The number of rotatable bonds is 4. The van der Waals surface area contributed by atoms with Crippen molar-refractivity contribution in [2.45, 2.75) is 13.5 Å². The Bertz CT molecular complexity index is 635. The molecule has 110 valence electrons. The van der Waals surface area contributed by atoms with Gasteiger partial charge in [0.2, 0.25) is 0 Å². The van der Waals surface area contributed by atoms with E-state index in [0.29, 0.717) is 12.3 Å². The van der Waals surface area contributed by atoms with E-state index < -0.39 is 0 Å². The molecule has 1 N–H and O–H groups in total. The summed E-state index contributed by atoms with van der Waals surface area (Å²) in [6.45, 7) is 2.50. The number of hydrogen-bond acceptors (Lipinski definition) is 3. The predicted molar refractivity (Wildman–Crippen MR) is 81.6 cm³/mol. The lowest BCUT2D eigenvalue weighted by Gasteiger charge is -2.18. The molecule has 1 amide bonds. The van der Waals surface area contributed by atoms with Crippen LogP contribution in [0.5, 0.6) is 11.5 Å². The first kappa shape index (κ1) is 14.9. The number of methoxy groups -OCH3 is 1. The third-order valence-electron chi connectivity index (χ3n) is 3.34. The molecule has 0 aromatic heterocycles. The summed E-state index contributed by atoms with van der Waals surface area (Å²) in [5.41, 5.74) is 2.46. The smallest absolute Gasteiger partial charge is 0.257 e. The molecule has 4 nitrogen and oxygen atoms in total. The Morgan fingerprint density at radius 1 is 1.19 bits per heavy atom. The lowest BCUT2D eigenvalue weighted by Crippen LogP contribution is -2.26. The number of ether oxygens (including phenoxy) is 1. The van der Waals surface area contributed by atoms with Gasteiger partial charge in [0.05, 0.1) is 12.7 Å². The highest BCUT2D eigenvalue weighted by Crippen LogP contribution is 2.30. The fourth-order valence-electron chi connectivity index (χ4n) is 2.10. The van der Waals surface area contributed by atoms with Gasteiger partial charge in [-0.05, 0) is 24.6 Å². The molecule has 0 spiro atoms. The van der Waals surface area contributed by atoms with Gasteiger partial charge in [-0.2, -0.15) is 0 Å². The topological polar surface area (TPSA) is 49.8 Å². The first-order valence-corrected chi connectivity index (χ1v) is 6.70. The summed E-state index contributed by atoms with van der Waals surface area (Å²) in [7, 11) is 3.17. The van der Waals surface area contributed by atoms with E-state index in [0.717, 1.165) is 5.56 Å². The molecular weight excluding hydrogens is 266 g/mol. The van der Waals surface area contributed by atoms with Gasteiger partial charge in [0.15, 0.2) is 11.5 Å². The van der Waals surface area contributed by atoms with E-state index in [1.165, 1.54) is 12.7 Å². The van der Waals surface area contributed by atoms with Gasteiger partial charge in [-0.1, -0.05) is 35.9 Å². The van der Waals surface area contributed by atoms with Gasteiger partial charge in [-0.3, -0.25) is 4.79 Å². The van der Waals surface area contributed by atoms with E-state index in [9.17, 15) is 9.90 Å². The Labute approximate surface area is 124 Å². The number of benzene rings is 2. The molecule has 2 aromatic carbocycles. The lowest BCUT2D eigenvalue weighted by atomic mass is 10.1. The quantitative estimate of drug-likeness (QED) is 0.939. The molecule has 0 aliphatic carbocycles. The van der Waals surface area contributed by atoms with Crippen LogP contribution in [0, 0.1) is 6.92 Å². The average Bonchev–Trinajstić information content (AvgIpc) is 2.49. The van der Waals surface area contributed by atoms with Gasteiger partial charge in [-0.25, -0.2) is 0 Å². The van der Waals surface area contributed by atoms with Crippen LogP contribution >= 0.6 is 0 Å². The van der Waals surface area contributed by atoms with E-state index >= 15 is 0 Å². The van der Waals surface area contributed by atoms with Crippen LogP contribution in [0.3, 0.4) is 0 Å². The number of hydrogen-bond donors (Lipinski definition) is 1. The molecule has 0 saturated carbocycles. The van der Waals surface area contributed by atoms with Gasteiger partial charge < -0.3 is 14.7 Å².